The molecular formula is C12H15FN4O2S. The van der Waals surface area contributed by atoms with Gasteiger partial charge in [-0.2, -0.15) is 5.10 Å². The molecular weight excluding hydrogens is 283 g/mol. The fourth-order valence-electron chi connectivity index (χ4n) is 1.86. The molecule has 6 nitrogen and oxygen atoms in total. The summed E-state index contributed by atoms with van der Waals surface area (Å²) in [6.07, 6.45) is 0. The maximum atomic E-state index is 13.2. The van der Waals surface area contributed by atoms with Gasteiger partial charge in [0.15, 0.2) is 0 Å². The van der Waals surface area contributed by atoms with E-state index in [1.807, 2.05) is 0 Å². The lowest BCUT2D eigenvalue weighted by atomic mass is 10.2. The molecule has 0 atom stereocenters. The number of nitrogens with two attached hydrogens (primary N) is 1. The minimum atomic E-state index is -3.87. The van der Waals surface area contributed by atoms with Gasteiger partial charge in [0.1, 0.15) is 10.7 Å². The molecule has 2 rings (SSSR count). The third-order valence-corrected chi connectivity index (χ3v) is 4.44. The number of anilines is 1. The van der Waals surface area contributed by atoms with Crippen molar-refractivity contribution in [2.75, 3.05) is 4.72 Å². The molecule has 108 valence electrons. The molecule has 0 bridgehead atoms. The Bertz CT molecular complexity index is 740. The number of sulfonamides is 1. The van der Waals surface area contributed by atoms with Crippen molar-refractivity contribution < 1.29 is 12.8 Å². The summed E-state index contributed by atoms with van der Waals surface area (Å²) in [5, 5.41) is 6.42. The van der Waals surface area contributed by atoms with Gasteiger partial charge in [0, 0.05) is 6.54 Å². The minimum absolute atomic E-state index is 0.00339. The maximum absolute atomic E-state index is 13.2. The van der Waals surface area contributed by atoms with Crippen LogP contribution < -0.4 is 10.5 Å². The highest BCUT2D eigenvalue weighted by Crippen LogP contribution is 2.23. The summed E-state index contributed by atoms with van der Waals surface area (Å²) in [7, 11) is -3.87. The van der Waals surface area contributed by atoms with Crippen LogP contribution >= 0.6 is 0 Å². The van der Waals surface area contributed by atoms with E-state index >= 15 is 0 Å². The van der Waals surface area contributed by atoms with Gasteiger partial charge in [-0.05, 0) is 31.5 Å². The van der Waals surface area contributed by atoms with E-state index in [4.69, 9.17) is 5.73 Å². The van der Waals surface area contributed by atoms with E-state index < -0.39 is 15.8 Å². The molecule has 0 aliphatic carbocycles. The molecule has 0 aliphatic heterocycles. The molecule has 0 unspecified atom stereocenters. The highest BCUT2D eigenvalue weighted by atomic mass is 32.2. The zero-order valence-corrected chi connectivity index (χ0v) is 11.9. The molecule has 2 aromatic rings. The summed E-state index contributed by atoms with van der Waals surface area (Å²) >= 11 is 0. The normalized spacial score (nSPS) is 11.6. The van der Waals surface area contributed by atoms with Crippen LogP contribution in [0.1, 0.15) is 17.0 Å². The first-order valence-electron chi connectivity index (χ1n) is 5.88. The second-order valence-electron chi connectivity index (χ2n) is 4.39. The van der Waals surface area contributed by atoms with Crippen molar-refractivity contribution in [3.05, 3.63) is 41.0 Å². The van der Waals surface area contributed by atoms with Gasteiger partial charge in [0.2, 0.25) is 0 Å². The first-order chi connectivity index (χ1) is 9.35. The van der Waals surface area contributed by atoms with E-state index in [1.165, 1.54) is 12.1 Å². The van der Waals surface area contributed by atoms with Crippen LogP contribution in [0, 0.1) is 19.7 Å². The average molecular weight is 298 g/mol. The number of aryl methyl sites for hydroxylation is 2. The molecule has 4 N–H and O–H groups in total. The quantitative estimate of drug-likeness (QED) is 0.794. The molecule has 0 saturated carbocycles. The van der Waals surface area contributed by atoms with E-state index in [9.17, 15) is 12.8 Å². The zero-order chi connectivity index (χ0) is 14.9. The van der Waals surface area contributed by atoms with Crippen molar-refractivity contribution in [1.29, 1.82) is 0 Å². The van der Waals surface area contributed by atoms with Gasteiger partial charge in [0.25, 0.3) is 10.0 Å². The molecule has 0 saturated heterocycles. The first-order valence-corrected chi connectivity index (χ1v) is 7.36. The van der Waals surface area contributed by atoms with Gasteiger partial charge in [-0.3, -0.25) is 9.82 Å². The Balaban J connectivity index is 2.46. The largest absolute Gasteiger partial charge is 0.325 e. The summed E-state index contributed by atoms with van der Waals surface area (Å²) < 4.78 is 40.3. The van der Waals surface area contributed by atoms with Crippen LogP contribution in [0.3, 0.4) is 0 Å². The standard InChI is InChI=1S/C12H15FN4O2S/c1-7-3-4-9(13)5-10(7)17-20(18,19)12-8(2)15-16-11(12)6-14/h3-5,17H,6,14H2,1-2H3,(H,15,16). The van der Waals surface area contributed by atoms with Crippen LogP contribution in [0.25, 0.3) is 0 Å². The lowest BCUT2D eigenvalue weighted by molar-refractivity contribution is 0.599. The molecule has 0 radical (unpaired) electrons. The Morgan fingerprint density at radius 1 is 1.40 bits per heavy atom. The number of aromatic amines is 1. The average Bonchev–Trinajstić information content (AvgIpc) is 2.75. The monoisotopic (exact) mass is 298 g/mol. The predicted octanol–water partition coefficient (Wildman–Crippen LogP) is 1.43. The fraction of sp³-hybridized carbons (Fsp3) is 0.250. The van der Waals surface area contributed by atoms with Gasteiger partial charge in [-0.1, -0.05) is 6.07 Å². The van der Waals surface area contributed by atoms with Gasteiger partial charge >= 0.3 is 0 Å². The Kier molecular flexibility index (Phi) is 3.78. The van der Waals surface area contributed by atoms with Gasteiger partial charge < -0.3 is 5.73 Å². The molecule has 8 heteroatoms. The Morgan fingerprint density at radius 2 is 2.10 bits per heavy atom. The van der Waals surface area contributed by atoms with E-state index in [2.05, 4.69) is 14.9 Å². The molecule has 20 heavy (non-hydrogen) atoms. The first kappa shape index (κ1) is 14.5. The van der Waals surface area contributed by atoms with E-state index in [-0.39, 0.29) is 22.8 Å². The van der Waals surface area contributed by atoms with Gasteiger partial charge in [-0.25, -0.2) is 12.8 Å². The number of aromatic nitrogens is 2. The van der Waals surface area contributed by atoms with Crippen molar-refractivity contribution in [2.24, 2.45) is 5.73 Å². The second-order valence-corrected chi connectivity index (χ2v) is 6.01. The Hall–Kier alpha value is -1.93. The van der Waals surface area contributed by atoms with Crippen molar-refractivity contribution in [1.82, 2.24) is 10.2 Å². The van der Waals surface area contributed by atoms with Crippen LogP contribution in [-0.2, 0) is 16.6 Å². The topological polar surface area (TPSA) is 101 Å². The number of nitrogens with one attached hydrogen (secondary N) is 2. The summed E-state index contributed by atoms with van der Waals surface area (Å²) in [5.41, 5.74) is 6.90. The van der Waals surface area contributed by atoms with Crippen molar-refractivity contribution in [3.8, 4) is 0 Å². The number of nitrogens with zero attached hydrogens (tertiary/aromatic N) is 1. The molecule has 0 aliphatic rings. The Labute approximate surface area is 116 Å². The van der Waals surface area contributed by atoms with Crippen molar-refractivity contribution >= 4 is 15.7 Å². The fourth-order valence-corrected chi connectivity index (χ4v) is 3.36. The van der Waals surface area contributed by atoms with Crippen LogP contribution in [-0.4, -0.2) is 18.6 Å². The number of rotatable bonds is 4. The maximum Gasteiger partial charge on any atom is 0.265 e. The summed E-state index contributed by atoms with van der Waals surface area (Å²) in [4.78, 5) is 0.00339. The molecule has 1 aromatic carbocycles. The van der Waals surface area contributed by atoms with Crippen LogP contribution in [0.5, 0.6) is 0 Å². The zero-order valence-electron chi connectivity index (χ0n) is 11.1. The smallest absolute Gasteiger partial charge is 0.265 e. The van der Waals surface area contributed by atoms with Crippen LogP contribution in [0.15, 0.2) is 23.1 Å². The van der Waals surface area contributed by atoms with Gasteiger partial charge in [0.05, 0.1) is 17.1 Å². The van der Waals surface area contributed by atoms with E-state index in [0.717, 1.165) is 6.07 Å². The Morgan fingerprint density at radius 3 is 2.75 bits per heavy atom. The van der Waals surface area contributed by atoms with Gasteiger partial charge in [-0.15, -0.1) is 0 Å². The van der Waals surface area contributed by atoms with E-state index in [0.29, 0.717) is 11.3 Å². The summed E-state index contributed by atoms with van der Waals surface area (Å²) in [5.74, 6) is -0.517. The lowest BCUT2D eigenvalue weighted by Gasteiger charge is -2.11. The SMILES string of the molecule is Cc1ccc(F)cc1NS(=O)(=O)c1c(CN)n[nH]c1C. The molecule has 0 fully saturated rings. The molecule has 0 spiro atoms. The lowest BCUT2D eigenvalue weighted by Crippen LogP contribution is -2.17. The van der Waals surface area contributed by atoms with E-state index in [1.54, 1.807) is 13.8 Å². The molecule has 1 aromatic heterocycles. The minimum Gasteiger partial charge on any atom is -0.325 e. The summed E-state index contributed by atoms with van der Waals surface area (Å²) in [6, 6.07) is 3.89. The number of halogens is 1. The highest BCUT2D eigenvalue weighted by molar-refractivity contribution is 7.92. The predicted molar refractivity (Wildman–Crippen MR) is 73.2 cm³/mol. The second kappa shape index (κ2) is 5.22. The number of H-pyrrole nitrogens is 1. The van der Waals surface area contributed by atoms with Crippen molar-refractivity contribution in [3.63, 3.8) is 0 Å². The van der Waals surface area contributed by atoms with Crippen LogP contribution in [0.4, 0.5) is 10.1 Å². The summed E-state index contributed by atoms with van der Waals surface area (Å²) in [6.45, 7) is 3.26. The van der Waals surface area contributed by atoms with Crippen LogP contribution in [0.2, 0.25) is 0 Å². The van der Waals surface area contributed by atoms with Crippen molar-refractivity contribution in [2.45, 2.75) is 25.3 Å². The third-order valence-electron chi connectivity index (χ3n) is 2.87. The highest BCUT2D eigenvalue weighted by Gasteiger charge is 2.24. The third kappa shape index (κ3) is 2.66. The number of benzene rings is 1. The molecule has 0 amide bonds. The number of hydrogen-bond donors (Lipinski definition) is 3. The number of hydrogen-bond acceptors (Lipinski definition) is 4. The molecule has 1 heterocycles.